The molecule has 0 amide bonds. The number of carbonyl (C=O) groups is 1. The molecule has 1 aromatic heterocycles. The van der Waals surface area contributed by atoms with Crippen LogP contribution in [0.3, 0.4) is 0 Å². The molecule has 1 heterocycles. The lowest BCUT2D eigenvalue weighted by atomic mass is 9.94. The van der Waals surface area contributed by atoms with E-state index in [4.69, 9.17) is 5.11 Å². The van der Waals surface area contributed by atoms with Gasteiger partial charge in [-0.25, -0.2) is 0 Å². The van der Waals surface area contributed by atoms with Crippen LogP contribution in [0.5, 0.6) is 0 Å². The second kappa shape index (κ2) is 5.28. The lowest BCUT2D eigenvalue weighted by Crippen LogP contribution is -2.30. The fourth-order valence-corrected chi connectivity index (χ4v) is 2.87. The van der Waals surface area contributed by atoms with E-state index in [9.17, 15) is 4.79 Å². The van der Waals surface area contributed by atoms with Gasteiger partial charge in [-0.1, -0.05) is 6.92 Å². The van der Waals surface area contributed by atoms with Crippen LogP contribution >= 0.6 is 11.3 Å². The van der Waals surface area contributed by atoms with Crippen molar-refractivity contribution in [2.45, 2.75) is 26.3 Å². The zero-order valence-corrected chi connectivity index (χ0v) is 10.1. The maximum Gasteiger partial charge on any atom is 0.308 e. The Kier molecular flexibility index (Phi) is 4.29. The van der Waals surface area contributed by atoms with E-state index in [0.29, 0.717) is 6.42 Å². The third kappa shape index (κ3) is 2.58. The van der Waals surface area contributed by atoms with Crippen LogP contribution in [-0.4, -0.2) is 18.1 Å². The molecule has 2 atom stereocenters. The predicted molar refractivity (Wildman–Crippen MR) is 62.3 cm³/mol. The second-order valence-corrected chi connectivity index (χ2v) is 4.53. The van der Waals surface area contributed by atoms with E-state index in [0.717, 1.165) is 4.88 Å². The van der Waals surface area contributed by atoms with Crippen molar-refractivity contribution in [1.82, 2.24) is 5.32 Å². The number of carboxylic acid groups (broad SMARTS) is 1. The highest BCUT2D eigenvalue weighted by molar-refractivity contribution is 7.10. The largest absolute Gasteiger partial charge is 0.481 e. The molecule has 2 N–H and O–H groups in total. The monoisotopic (exact) mass is 227 g/mol. The van der Waals surface area contributed by atoms with Gasteiger partial charge in [-0.3, -0.25) is 4.79 Å². The molecule has 0 spiro atoms. The van der Waals surface area contributed by atoms with E-state index >= 15 is 0 Å². The van der Waals surface area contributed by atoms with Crippen LogP contribution in [0.2, 0.25) is 0 Å². The van der Waals surface area contributed by atoms with E-state index in [1.54, 1.807) is 11.3 Å². The Morgan fingerprint density at radius 3 is 2.67 bits per heavy atom. The minimum absolute atomic E-state index is 0.0764. The smallest absolute Gasteiger partial charge is 0.308 e. The van der Waals surface area contributed by atoms with Crippen molar-refractivity contribution in [3.8, 4) is 0 Å². The molecule has 0 aliphatic carbocycles. The number of rotatable bonds is 5. The molecule has 0 fully saturated rings. The Morgan fingerprint density at radius 1 is 1.67 bits per heavy atom. The summed E-state index contributed by atoms with van der Waals surface area (Å²) in [6.07, 6.45) is 0.637. The van der Waals surface area contributed by atoms with Crippen molar-refractivity contribution >= 4 is 17.3 Å². The molecule has 1 aromatic rings. The van der Waals surface area contributed by atoms with Gasteiger partial charge in [0.25, 0.3) is 0 Å². The van der Waals surface area contributed by atoms with Crippen LogP contribution in [0, 0.1) is 12.8 Å². The van der Waals surface area contributed by atoms with Crippen molar-refractivity contribution in [2.24, 2.45) is 5.92 Å². The zero-order valence-electron chi connectivity index (χ0n) is 9.28. The Hall–Kier alpha value is -0.870. The molecule has 0 radical (unpaired) electrons. The Labute approximate surface area is 94.1 Å². The summed E-state index contributed by atoms with van der Waals surface area (Å²) in [6, 6.07) is 1.95. The quantitative estimate of drug-likeness (QED) is 0.812. The van der Waals surface area contributed by atoms with Crippen LogP contribution in [-0.2, 0) is 4.79 Å². The Bertz CT molecular complexity index is 335. The van der Waals surface area contributed by atoms with Gasteiger partial charge in [-0.15, -0.1) is 11.3 Å². The number of thiophene rings is 1. The molecule has 0 aliphatic rings. The molecule has 0 saturated carbocycles. The van der Waals surface area contributed by atoms with Gasteiger partial charge in [-0.05, 0) is 37.4 Å². The third-order valence-electron chi connectivity index (χ3n) is 2.65. The fraction of sp³-hybridized carbons (Fsp3) is 0.545. The molecule has 0 aromatic carbocycles. The first-order valence-corrected chi connectivity index (χ1v) is 5.93. The molecule has 1 rings (SSSR count). The summed E-state index contributed by atoms with van der Waals surface area (Å²) in [5.41, 5.74) is 1.17. The highest BCUT2D eigenvalue weighted by atomic mass is 32.1. The SMILES string of the molecule is CCC(C(=O)O)C(NC)c1sccc1C. The van der Waals surface area contributed by atoms with Gasteiger partial charge >= 0.3 is 5.97 Å². The van der Waals surface area contributed by atoms with Gasteiger partial charge in [-0.2, -0.15) is 0 Å². The van der Waals surface area contributed by atoms with Gasteiger partial charge in [0.15, 0.2) is 0 Å². The summed E-state index contributed by atoms with van der Waals surface area (Å²) in [7, 11) is 1.81. The zero-order chi connectivity index (χ0) is 11.4. The van der Waals surface area contributed by atoms with Crippen molar-refractivity contribution in [2.75, 3.05) is 7.05 Å². The topological polar surface area (TPSA) is 49.3 Å². The average Bonchev–Trinajstić information content (AvgIpc) is 2.60. The fourth-order valence-electron chi connectivity index (χ4n) is 1.77. The molecular formula is C11H17NO2S. The van der Waals surface area contributed by atoms with E-state index in [1.165, 1.54) is 5.56 Å². The van der Waals surface area contributed by atoms with Gasteiger partial charge in [0.2, 0.25) is 0 Å². The molecule has 84 valence electrons. The Morgan fingerprint density at radius 2 is 2.33 bits per heavy atom. The van der Waals surface area contributed by atoms with Crippen LogP contribution in [0.1, 0.15) is 29.8 Å². The van der Waals surface area contributed by atoms with E-state index in [1.807, 2.05) is 32.3 Å². The van der Waals surface area contributed by atoms with E-state index < -0.39 is 5.97 Å². The normalized spacial score (nSPS) is 14.9. The molecule has 0 bridgehead atoms. The van der Waals surface area contributed by atoms with Crippen molar-refractivity contribution in [3.63, 3.8) is 0 Å². The average molecular weight is 227 g/mol. The van der Waals surface area contributed by atoms with Crippen LogP contribution < -0.4 is 5.32 Å². The molecule has 2 unspecified atom stereocenters. The maximum atomic E-state index is 11.1. The van der Waals surface area contributed by atoms with Crippen LogP contribution in [0.25, 0.3) is 0 Å². The standard InChI is InChI=1S/C11H17NO2S/c1-4-8(11(13)14)9(12-3)10-7(2)5-6-15-10/h5-6,8-9,12H,4H2,1-3H3,(H,13,14). The summed E-state index contributed by atoms with van der Waals surface area (Å²) in [6.45, 7) is 3.93. The number of aliphatic carboxylic acids is 1. The first-order chi connectivity index (χ1) is 7.11. The minimum atomic E-state index is -0.732. The molecule has 0 saturated heterocycles. The van der Waals surface area contributed by atoms with E-state index in [-0.39, 0.29) is 12.0 Å². The number of nitrogens with one attached hydrogen (secondary N) is 1. The van der Waals surface area contributed by atoms with Crippen LogP contribution in [0.15, 0.2) is 11.4 Å². The third-order valence-corrected chi connectivity index (χ3v) is 3.76. The summed E-state index contributed by atoms with van der Waals surface area (Å²) in [5.74, 6) is -1.09. The van der Waals surface area contributed by atoms with Gasteiger partial charge in [0, 0.05) is 4.88 Å². The molecule has 3 nitrogen and oxygen atoms in total. The molecule has 4 heteroatoms. The predicted octanol–water partition coefficient (Wildman–Crippen LogP) is 2.43. The second-order valence-electron chi connectivity index (χ2n) is 3.59. The maximum absolute atomic E-state index is 11.1. The number of hydrogen-bond acceptors (Lipinski definition) is 3. The van der Waals surface area contributed by atoms with Crippen LogP contribution in [0.4, 0.5) is 0 Å². The molecular weight excluding hydrogens is 210 g/mol. The van der Waals surface area contributed by atoms with Gasteiger partial charge < -0.3 is 10.4 Å². The van der Waals surface area contributed by atoms with Gasteiger partial charge in [0.05, 0.1) is 12.0 Å². The lowest BCUT2D eigenvalue weighted by Gasteiger charge is -2.22. The molecule has 0 aliphatic heterocycles. The lowest BCUT2D eigenvalue weighted by molar-refractivity contribution is -0.142. The number of aryl methyl sites for hydroxylation is 1. The summed E-state index contributed by atoms with van der Waals surface area (Å²) >= 11 is 1.62. The van der Waals surface area contributed by atoms with E-state index in [2.05, 4.69) is 5.32 Å². The number of carboxylic acids is 1. The van der Waals surface area contributed by atoms with Crippen molar-refractivity contribution < 1.29 is 9.90 Å². The molecule has 15 heavy (non-hydrogen) atoms. The number of hydrogen-bond donors (Lipinski definition) is 2. The highest BCUT2D eigenvalue weighted by Gasteiger charge is 2.28. The summed E-state index contributed by atoms with van der Waals surface area (Å²) in [4.78, 5) is 12.2. The first kappa shape index (κ1) is 12.2. The van der Waals surface area contributed by atoms with Crippen molar-refractivity contribution in [1.29, 1.82) is 0 Å². The highest BCUT2D eigenvalue weighted by Crippen LogP contribution is 2.31. The summed E-state index contributed by atoms with van der Waals surface area (Å²) in [5, 5.41) is 14.2. The minimum Gasteiger partial charge on any atom is -0.481 e. The first-order valence-electron chi connectivity index (χ1n) is 5.05. The Balaban J connectivity index is 2.97. The van der Waals surface area contributed by atoms with Crippen molar-refractivity contribution in [3.05, 3.63) is 21.9 Å². The van der Waals surface area contributed by atoms with Gasteiger partial charge in [0.1, 0.15) is 0 Å². The summed E-state index contributed by atoms with van der Waals surface area (Å²) < 4.78 is 0.